The molecule has 0 aromatic carbocycles. The normalized spacial score (nSPS) is 14.5. The number of hydrogen-bond acceptors (Lipinski definition) is 3. The lowest BCUT2D eigenvalue weighted by Crippen LogP contribution is -2.63. The summed E-state index contributed by atoms with van der Waals surface area (Å²) in [6.07, 6.45) is -3.21. The Kier molecular flexibility index (Phi) is 10.3. The summed E-state index contributed by atoms with van der Waals surface area (Å²) in [6, 6.07) is 0. The van der Waals surface area contributed by atoms with E-state index in [-0.39, 0.29) is 0 Å². The van der Waals surface area contributed by atoms with Gasteiger partial charge >= 0.3 is 23.3 Å². The molecule has 0 N–H and O–H groups in total. The molecule has 0 saturated carbocycles. The highest BCUT2D eigenvalue weighted by Crippen LogP contribution is 2.54. The van der Waals surface area contributed by atoms with Gasteiger partial charge in [0.25, 0.3) is 0 Å². The molecule has 0 rings (SSSR count). The molecule has 14 heteroatoms. The summed E-state index contributed by atoms with van der Waals surface area (Å²) in [4.78, 5) is 0. The van der Waals surface area contributed by atoms with E-state index in [9.17, 15) is 52.5 Å². The van der Waals surface area contributed by atoms with Gasteiger partial charge < -0.3 is 9.04 Å². The monoisotopic (exact) mass is 457 g/mol. The minimum absolute atomic E-state index is 1.28. The van der Waals surface area contributed by atoms with Gasteiger partial charge in [-0.05, 0) is 19.3 Å². The van der Waals surface area contributed by atoms with Crippen molar-refractivity contribution in [2.45, 2.75) is 63.3 Å². The summed E-state index contributed by atoms with van der Waals surface area (Å²) in [5, 5.41) is -7.11. The van der Waals surface area contributed by atoms with E-state index in [0.717, 1.165) is 0 Å². The third-order valence-electron chi connectivity index (χ3n) is 3.72. The first-order valence-electron chi connectivity index (χ1n) is 8.17. The molecule has 0 amide bonds. The van der Waals surface area contributed by atoms with Crippen LogP contribution < -0.4 is 0 Å². The lowest BCUT2D eigenvalue weighted by atomic mass is 10.1. The first-order valence-corrected chi connectivity index (χ1v) is 9.58. The quantitative estimate of drug-likeness (QED) is 0.289. The molecular formula is C14H24F9NO3S. The van der Waals surface area contributed by atoms with Crippen molar-refractivity contribution >= 4 is 10.1 Å². The molecule has 4 nitrogen and oxygen atoms in total. The maximum Gasteiger partial charge on any atom is 0.460 e. The van der Waals surface area contributed by atoms with Crippen molar-refractivity contribution in [3.05, 3.63) is 0 Å². The van der Waals surface area contributed by atoms with Gasteiger partial charge in [-0.15, -0.1) is 0 Å². The van der Waals surface area contributed by atoms with Gasteiger partial charge in [-0.1, -0.05) is 20.8 Å². The number of nitrogens with zero attached hydrogens (tertiary/aromatic N) is 1. The van der Waals surface area contributed by atoms with E-state index in [1.54, 1.807) is 0 Å². The van der Waals surface area contributed by atoms with Crippen molar-refractivity contribution in [3.8, 4) is 0 Å². The molecule has 0 spiro atoms. The van der Waals surface area contributed by atoms with Crippen LogP contribution in [0.2, 0.25) is 0 Å². The van der Waals surface area contributed by atoms with Gasteiger partial charge in [0.05, 0.1) is 26.7 Å². The zero-order valence-corrected chi connectivity index (χ0v) is 16.5. The van der Waals surface area contributed by atoms with Gasteiger partial charge in [0, 0.05) is 0 Å². The second kappa shape index (κ2) is 9.83. The van der Waals surface area contributed by atoms with Crippen LogP contribution in [0.3, 0.4) is 0 Å². The van der Waals surface area contributed by atoms with Crippen molar-refractivity contribution in [2.75, 3.05) is 26.7 Å². The largest absolute Gasteiger partial charge is 0.743 e. The van der Waals surface area contributed by atoms with Crippen molar-refractivity contribution in [1.29, 1.82) is 0 Å². The number of quaternary nitrogens is 1. The average Bonchev–Trinajstić information content (AvgIpc) is 2.45. The summed E-state index contributed by atoms with van der Waals surface area (Å²) in [5.74, 6) is -14.8. The van der Waals surface area contributed by atoms with Crippen LogP contribution in [-0.4, -0.2) is 67.4 Å². The first kappa shape index (κ1) is 29.4. The van der Waals surface area contributed by atoms with Crippen molar-refractivity contribution in [1.82, 2.24) is 0 Å². The summed E-state index contributed by atoms with van der Waals surface area (Å²) in [7, 11) is -5.03. The molecule has 0 fully saturated rings. The zero-order valence-electron chi connectivity index (χ0n) is 15.7. The fourth-order valence-corrected chi connectivity index (χ4v) is 2.91. The molecular weight excluding hydrogens is 433 g/mol. The SMILES string of the molecule is CCC[N+](C)(CCC)CCC.O=S(=O)([O-])C(F)(F)C(F)(F)C(F)(F)C(F)(F)F. The van der Waals surface area contributed by atoms with Crippen molar-refractivity contribution in [3.63, 3.8) is 0 Å². The average molecular weight is 457 g/mol. The summed E-state index contributed by atoms with van der Waals surface area (Å²) < 4.78 is 137. The predicted molar refractivity (Wildman–Crippen MR) is 82.3 cm³/mol. The van der Waals surface area contributed by atoms with Crippen LogP contribution in [0, 0.1) is 0 Å². The van der Waals surface area contributed by atoms with Crippen LogP contribution in [0.1, 0.15) is 40.0 Å². The molecule has 172 valence electrons. The molecule has 0 aliphatic rings. The highest BCUT2D eigenvalue weighted by Gasteiger charge is 2.83. The standard InChI is InChI=1S/C10H24N.C4HF9O3S/c1-5-8-11(4,9-6-2)10-7-3;5-1(6,3(9,10)11)2(7,8)4(12,13)17(14,15)16/h5-10H2,1-4H3;(H,14,15,16)/q+1;/p-1. The molecule has 0 radical (unpaired) electrons. The third kappa shape index (κ3) is 6.65. The Morgan fingerprint density at radius 3 is 1.18 bits per heavy atom. The van der Waals surface area contributed by atoms with Gasteiger partial charge in [0.2, 0.25) is 0 Å². The maximum atomic E-state index is 12.2. The Morgan fingerprint density at radius 2 is 1.00 bits per heavy atom. The molecule has 0 unspecified atom stereocenters. The fourth-order valence-electron chi connectivity index (χ4n) is 2.47. The van der Waals surface area contributed by atoms with E-state index in [2.05, 4.69) is 27.8 Å². The lowest BCUT2D eigenvalue weighted by Gasteiger charge is -2.34. The highest BCUT2D eigenvalue weighted by atomic mass is 32.2. The zero-order chi connectivity index (χ0) is 23.2. The van der Waals surface area contributed by atoms with Crippen LogP contribution in [0.25, 0.3) is 0 Å². The van der Waals surface area contributed by atoms with Crippen LogP contribution in [0.5, 0.6) is 0 Å². The van der Waals surface area contributed by atoms with Crippen LogP contribution in [0.4, 0.5) is 39.5 Å². The number of alkyl halides is 9. The smallest absolute Gasteiger partial charge is 0.460 e. The van der Waals surface area contributed by atoms with Crippen LogP contribution >= 0.6 is 0 Å². The summed E-state index contributed by atoms with van der Waals surface area (Å²) >= 11 is 0. The lowest BCUT2D eigenvalue weighted by molar-refractivity contribution is -0.909. The molecule has 0 atom stereocenters. The van der Waals surface area contributed by atoms with Gasteiger partial charge in [-0.3, -0.25) is 0 Å². The molecule has 0 aromatic rings. The summed E-state index contributed by atoms with van der Waals surface area (Å²) in [5.41, 5.74) is 0. The molecule has 0 saturated heterocycles. The van der Waals surface area contributed by atoms with Gasteiger partial charge in [0.15, 0.2) is 10.1 Å². The van der Waals surface area contributed by atoms with Crippen molar-refractivity contribution < 1.29 is 57.0 Å². The van der Waals surface area contributed by atoms with Crippen LogP contribution in [0.15, 0.2) is 0 Å². The fraction of sp³-hybridized carbons (Fsp3) is 1.00. The Bertz CT molecular complexity index is 560. The summed E-state index contributed by atoms with van der Waals surface area (Å²) in [6.45, 7) is 10.9. The Balaban J connectivity index is 0. The topological polar surface area (TPSA) is 57.2 Å². The van der Waals surface area contributed by atoms with E-state index < -0.39 is 33.4 Å². The second-order valence-electron chi connectivity index (χ2n) is 6.41. The van der Waals surface area contributed by atoms with Gasteiger partial charge in [-0.2, -0.15) is 39.5 Å². The second-order valence-corrected chi connectivity index (χ2v) is 7.83. The maximum absolute atomic E-state index is 12.2. The first-order chi connectivity index (χ1) is 12.2. The van der Waals surface area contributed by atoms with Crippen LogP contribution in [-0.2, 0) is 10.1 Å². The third-order valence-corrected chi connectivity index (χ3v) is 4.60. The van der Waals surface area contributed by atoms with E-state index in [0.29, 0.717) is 0 Å². The van der Waals surface area contributed by atoms with E-state index >= 15 is 0 Å². The minimum atomic E-state index is -7.43. The van der Waals surface area contributed by atoms with Crippen molar-refractivity contribution in [2.24, 2.45) is 0 Å². The van der Waals surface area contributed by atoms with E-state index in [1.165, 1.54) is 43.4 Å². The van der Waals surface area contributed by atoms with Gasteiger partial charge in [-0.25, -0.2) is 8.42 Å². The molecule has 0 aliphatic heterocycles. The number of hydrogen-bond donors (Lipinski definition) is 0. The Labute approximate surface area is 158 Å². The van der Waals surface area contributed by atoms with E-state index in [4.69, 9.17) is 0 Å². The molecule has 28 heavy (non-hydrogen) atoms. The highest BCUT2D eigenvalue weighted by molar-refractivity contribution is 7.86. The predicted octanol–water partition coefficient (Wildman–Crippen LogP) is 4.62. The molecule has 0 bridgehead atoms. The Morgan fingerprint density at radius 1 is 0.714 bits per heavy atom. The molecule has 0 aliphatic carbocycles. The number of rotatable bonds is 9. The minimum Gasteiger partial charge on any atom is -0.743 e. The van der Waals surface area contributed by atoms with Gasteiger partial charge in [0.1, 0.15) is 0 Å². The molecule has 0 heterocycles. The number of halogens is 9. The van der Waals surface area contributed by atoms with E-state index in [1.807, 2.05) is 0 Å². The molecule has 0 aromatic heterocycles. The Hall–Kier alpha value is -0.760.